The molecule has 0 radical (unpaired) electrons. The van der Waals surface area contributed by atoms with Gasteiger partial charge in [0.25, 0.3) is 10.2 Å². The van der Waals surface area contributed by atoms with Gasteiger partial charge in [-0.1, -0.05) is 20.8 Å². The summed E-state index contributed by atoms with van der Waals surface area (Å²) in [6, 6.07) is -0.711. The second-order valence-electron chi connectivity index (χ2n) is 5.60. The van der Waals surface area contributed by atoms with Crippen molar-refractivity contribution < 1.29 is 21.6 Å². The third kappa shape index (κ3) is 6.29. The molecule has 1 heterocycles. The second-order valence-corrected chi connectivity index (χ2v) is 8.02. The molecule has 0 amide bonds. The topological polar surface area (TPSA) is 71.1 Å². The molecule has 0 unspecified atom stereocenters. The van der Waals surface area contributed by atoms with Crippen LogP contribution >= 0.6 is 11.3 Å². The molecular weight excluding hydrogens is 327 g/mol. The van der Waals surface area contributed by atoms with E-state index in [0.29, 0.717) is 5.01 Å². The normalized spacial score (nSPS) is 15.2. The molecule has 0 aromatic carbocycles. The van der Waals surface area contributed by atoms with Crippen molar-refractivity contribution in [2.75, 3.05) is 6.54 Å². The molecule has 1 atom stereocenters. The largest absolute Gasteiger partial charge is 0.402 e. The van der Waals surface area contributed by atoms with Crippen LogP contribution in [0.15, 0.2) is 5.38 Å². The number of alkyl halides is 3. The minimum Gasteiger partial charge on any atom is -0.244 e. The van der Waals surface area contributed by atoms with Gasteiger partial charge in [-0.15, -0.1) is 11.3 Å². The van der Waals surface area contributed by atoms with Gasteiger partial charge in [-0.25, -0.2) is 4.98 Å². The van der Waals surface area contributed by atoms with Crippen molar-refractivity contribution in [3.8, 4) is 0 Å². The molecule has 0 aliphatic carbocycles. The summed E-state index contributed by atoms with van der Waals surface area (Å²) < 4.78 is 62.7. The summed E-state index contributed by atoms with van der Waals surface area (Å²) in [6.07, 6.45) is -4.60. The zero-order valence-electron chi connectivity index (χ0n) is 12.1. The number of rotatable bonds is 5. The molecule has 0 bridgehead atoms. The van der Waals surface area contributed by atoms with Gasteiger partial charge in [0, 0.05) is 10.8 Å². The van der Waals surface area contributed by atoms with Crippen LogP contribution in [-0.4, -0.2) is 26.1 Å². The molecule has 0 spiro atoms. The van der Waals surface area contributed by atoms with E-state index in [9.17, 15) is 21.6 Å². The molecule has 1 aromatic rings. The van der Waals surface area contributed by atoms with Crippen molar-refractivity contribution in [2.24, 2.45) is 0 Å². The van der Waals surface area contributed by atoms with Gasteiger partial charge >= 0.3 is 6.18 Å². The van der Waals surface area contributed by atoms with Gasteiger partial charge in [0.1, 0.15) is 11.6 Å². The van der Waals surface area contributed by atoms with Crippen LogP contribution < -0.4 is 9.44 Å². The van der Waals surface area contributed by atoms with Gasteiger partial charge in [0.05, 0.1) is 11.7 Å². The Morgan fingerprint density at radius 1 is 1.33 bits per heavy atom. The van der Waals surface area contributed by atoms with Gasteiger partial charge in [-0.05, 0) is 6.92 Å². The highest BCUT2D eigenvalue weighted by molar-refractivity contribution is 7.87. The zero-order chi connectivity index (χ0) is 16.5. The van der Waals surface area contributed by atoms with Gasteiger partial charge < -0.3 is 0 Å². The molecular formula is C11H18F3N3O2S2. The molecule has 122 valence electrons. The van der Waals surface area contributed by atoms with E-state index in [2.05, 4.69) is 9.71 Å². The first-order valence-corrected chi connectivity index (χ1v) is 8.46. The number of nitrogens with one attached hydrogen (secondary N) is 2. The molecule has 0 saturated carbocycles. The fourth-order valence-electron chi connectivity index (χ4n) is 1.33. The van der Waals surface area contributed by atoms with E-state index in [0.717, 1.165) is 5.69 Å². The SMILES string of the molecule is C[C@@H](NS(=O)(=O)NCC(F)(F)F)c1nc(C(C)(C)C)cs1. The van der Waals surface area contributed by atoms with Crippen molar-refractivity contribution in [2.45, 2.75) is 45.3 Å². The van der Waals surface area contributed by atoms with Gasteiger partial charge in [-0.3, -0.25) is 0 Å². The smallest absolute Gasteiger partial charge is 0.244 e. The van der Waals surface area contributed by atoms with Crippen LogP contribution in [0.25, 0.3) is 0 Å². The molecule has 10 heteroatoms. The Kier molecular flexibility index (Phi) is 5.40. The third-order valence-electron chi connectivity index (χ3n) is 2.46. The first kappa shape index (κ1) is 18.3. The maximum Gasteiger partial charge on any atom is 0.402 e. The van der Waals surface area contributed by atoms with E-state index in [1.807, 2.05) is 26.2 Å². The van der Waals surface area contributed by atoms with Crippen LogP contribution in [0, 0.1) is 0 Å². The number of hydrogen-bond donors (Lipinski definition) is 2. The molecule has 1 rings (SSSR count). The zero-order valence-corrected chi connectivity index (χ0v) is 13.7. The lowest BCUT2D eigenvalue weighted by molar-refractivity contribution is -0.121. The standard InChI is InChI=1S/C11H18F3N3O2S2/c1-7(9-16-8(5-20-9)10(2,3)4)17-21(18,19)15-6-11(12,13)14/h5,7,15,17H,6H2,1-4H3/t7-/m1/s1. The number of thiazole rings is 1. The van der Waals surface area contributed by atoms with Crippen LogP contribution in [0.5, 0.6) is 0 Å². The van der Waals surface area contributed by atoms with Crippen LogP contribution in [0.1, 0.15) is 44.4 Å². The average molecular weight is 345 g/mol. The van der Waals surface area contributed by atoms with Crippen molar-refractivity contribution in [1.29, 1.82) is 0 Å². The summed E-state index contributed by atoms with van der Waals surface area (Å²) in [4.78, 5) is 4.32. The van der Waals surface area contributed by atoms with Gasteiger partial charge in [0.2, 0.25) is 0 Å². The maximum atomic E-state index is 12.0. The van der Waals surface area contributed by atoms with Crippen LogP contribution in [0.4, 0.5) is 13.2 Å². The van der Waals surface area contributed by atoms with Crippen molar-refractivity contribution in [3.05, 3.63) is 16.1 Å². The van der Waals surface area contributed by atoms with E-state index in [1.165, 1.54) is 23.0 Å². The highest BCUT2D eigenvalue weighted by atomic mass is 32.2. The predicted octanol–water partition coefficient (Wildman–Crippen LogP) is 2.49. The summed E-state index contributed by atoms with van der Waals surface area (Å²) >= 11 is 1.26. The highest BCUT2D eigenvalue weighted by Gasteiger charge is 2.30. The number of aromatic nitrogens is 1. The number of hydrogen-bond acceptors (Lipinski definition) is 4. The fourth-order valence-corrected chi connectivity index (χ4v) is 3.47. The van der Waals surface area contributed by atoms with E-state index in [4.69, 9.17) is 0 Å². The fraction of sp³-hybridized carbons (Fsp3) is 0.727. The lowest BCUT2D eigenvalue weighted by Crippen LogP contribution is -2.42. The Balaban J connectivity index is 2.72. The molecule has 21 heavy (non-hydrogen) atoms. The first-order valence-electron chi connectivity index (χ1n) is 6.10. The number of halogens is 3. The summed E-state index contributed by atoms with van der Waals surface area (Å²) in [5, 5.41) is 2.31. The second kappa shape index (κ2) is 6.19. The monoisotopic (exact) mass is 345 g/mol. The van der Waals surface area contributed by atoms with Crippen LogP contribution in [-0.2, 0) is 15.6 Å². The molecule has 0 fully saturated rings. The van der Waals surface area contributed by atoms with E-state index >= 15 is 0 Å². The van der Waals surface area contributed by atoms with Crippen molar-refractivity contribution in [1.82, 2.24) is 14.4 Å². The number of nitrogens with zero attached hydrogens (tertiary/aromatic N) is 1. The quantitative estimate of drug-likeness (QED) is 0.861. The van der Waals surface area contributed by atoms with E-state index in [1.54, 1.807) is 0 Å². The molecule has 0 aliphatic heterocycles. The Bertz CT molecular complexity index is 576. The third-order valence-corrected chi connectivity index (χ3v) is 4.67. The molecule has 0 aliphatic rings. The molecule has 5 nitrogen and oxygen atoms in total. The Morgan fingerprint density at radius 2 is 1.90 bits per heavy atom. The van der Waals surface area contributed by atoms with Crippen molar-refractivity contribution >= 4 is 21.5 Å². The highest BCUT2D eigenvalue weighted by Crippen LogP contribution is 2.26. The molecule has 2 N–H and O–H groups in total. The minimum absolute atomic E-state index is 0.179. The van der Waals surface area contributed by atoms with Gasteiger partial charge in [-0.2, -0.15) is 31.0 Å². The summed E-state index contributed by atoms with van der Waals surface area (Å²) in [5.74, 6) is 0. The Labute approximate surface area is 126 Å². The molecule has 1 aromatic heterocycles. The first-order chi connectivity index (χ1) is 9.30. The molecule has 0 saturated heterocycles. The van der Waals surface area contributed by atoms with E-state index < -0.39 is 29.0 Å². The lowest BCUT2D eigenvalue weighted by atomic mass is 9.93. The summed E-state index contributed by atoms with van der Waals surface area (Å²) in [6.45, 7) is 5.81. The lowest BCUT2D eigenvalue weighted by Gasteiger charge is -2.16. The Hall–Kier alpha value is -0.710. The average Bonchev–Trinajstić information content (AvgIpc) is 2.74. The van der Waals surface area contributed by atoms with Crippen LogP contribution in [0.3, 0.4) is 0 Å². The maximum absolute atomic E-state index is 12.0. The van der Waals surface area contributed by atoms with E-state index in [-0.39, 0.29) is 5.41 Å². The Morgan fingerprint density at radius 3 is 2.33 bits per heavy atom. The summed E-state index contributed by atoms with van der Waals surface area (Å²) in [7, 11) is -4.24. The predicted molar refractivity (Wildman–Crippen MR) is 75.3 cm³/mol. The van der Waals surface area contributed by atoms with Crippen molar-refractivity contribution in [3.63, 3.8) is 0 Å². The van der Waals surface area contributed by atoms with Crippen LogP contribution in [0.2, 0.25) is 0 Å². The summed E-state index contributed by atoms with van der Waals surface area (Å²) in [5.41, 5.74) is 0.624. The minimum atomic E-state index is -4.60. The van der Waals surface area contributed by atoms with Gasteiger partial charge in [0.15, 0.2) is 0 Å².